The van der Waals surface area contributed by atoms with Gasteiger partial charge < -0.3 is 14.8 Å². The lowest BCUT2D eigenvalue weighted by molar-refractivity contribution is 0.140. The summed E-state index contributed by atoms with van der Waals surface area (Å²) in [5.74, 6) is 6.57. The molecule has 2 rings (SSSR count). The molecular formula is C19H18ClNO3. The number of carbonyl (C=O) groups is 1. The summed E-state index contributed by atoms with van der Waals surface area (Å²) in [6, 6.07) is 14.9. The second kappa shape index (κ2) is 9.49. The minimum absolute atomic E-state index is 0.253. The molecule has 1 N–H and O–H groups in total. The second-order valence-electron chi connectivity index (χ2n) is 4.89. The highest BCUT2D eigenvalue weighted by atomic mass is 35.5. The monoisotopic (exact) mass is 343 g/mol. The topological polar surface area (TPSA) is 47.6 Å². The van der Waals surface area contributed by atoms with Crippen molar-refractivity contribution in [1.29, 1.82) is 0 Å². The van der Waals surface area contributed by atoms with Crippen LogP contribution >= 0.6 is 11.6 Å². The minimum Gasteiger partial charge on any atom is -0.495 e. The summed E-state index contributed by atoms with van der Waals surface area (Å²) in [6.45, 7) is 0.675. The number of alkyl carbamates (subject to hydrolysis) is 1. The zero-order chi connectivity index (χ0) is 17.2. The van der Waals surface area contributed by atoms with Crippen LogP contribution in [0.2, 0.25) is 5.02 Å². The SMILES string of the molecule is COc1cc(C#CCCNC(=O)OCc2ccccc2)ccc1Cl. The van der Waals surface area contributed by atoms with Gasteiger partial charge >= 0.3 is 6.09 Å². The van der Waals surface area contributed by atoms with Gasteiger partial charge in [-0.3, -0.25) is 0 Å². The number of amides is 1. The maximum Gasteiger partial charge on any atom is 0.407 e. The van der Waals surface area contributed by atoms with Gasteiger partial charge in [0.25, 0.3) is 0 Å². The quantitative estimate of drug-likeness (QED) is 0.659. The van der Waals surface area contributed by atoms with Crippen molar-refractivity contribution in [2.24, 2.45) is 0 Å². The van der Waals surface area contributed by atoms with E-state index >= 15 is 0 Å². The molecule has 5 heteroatoms. The number of methoxy groups -OCH3 is 1. The Labute approximate surface area is 146 Å². The average molecular weight is 344 g/mol. The third-order valence-corrected chi connectivity index (χ3v) is 3.43. The first kappa shape index (κ1) is 17.7. The molecule has 24 heavy (non-hydrogen) atoms. The summed E-state index contributed by atoms with van der Waals surface area (Å²) in [7, 11) is 1.56. The van der Waals surface area contributed by atoms with Crippen molar-refractivity contribution in [2.45, 2.75) is 13.0 Å². The normalized spacial score (nSPS) is 9.58. The van der Waals surface area contributed by atoms with Crippen molar-refractivity contribution in [1.82, 2.24) is 5.32 Å². The van der Waals surface area contributed by atoms with Gasteiger partial charge in [-0.05, 0) is 23.8 Å². The van der Waals surface area contributed by atoms with Crippen LogP contribution < -0.4 is 10.1 Å². The zero-order valence-electron chi connectivity index (χ0n) is 13.3. The maximum absolute atomic E-state index is 11.6. The number of nitrogens with one attached hydrogen (secondary N) is 1. The van der Waals surface area contributed by atoms with Crippen molar-refractivity contribution in [2.75, 3.05) is 13.7 Å². The van der Waals surface area contributed by atoms with Gasteiger partial charge in [0.1, 0.15) is 12.4 Å². The highest BCUT2D eigenvalue weighted by Gasteiger charge is 2.01. The van der Waals surface area contributed by atoms with E-state index in [-0.39, 0.29) is 6.61 Å². The fraction of sp³-hybridized carbons (Fsp3) is 0.211. The third-order valence-electron chi connectivity index (χ3n) is 3.12. The van der Waals surface area contributed by atoms with Crippen LogP contribution in [-0.2, 0) is 11.3 Å². The summed E-state index contributed by atoms with van der Waals surface area (Å²) in [5, 5.41) is 3.21. The molecule has 0 aliphatic carbocycles. The summed E-state index contributed by atoms with van der Waals surface area (Å²) in [6.07, 6.45) is 0.0691. The number of carbonyl (C=O) groups excluding carboxylic acids is 1. The van der Waals surface area contributed by atoms with Crippen LogP contribution in [-0.4, -0.2) is 19.7 Å². The first-order valence-corrected chi connectivity index (χ1v) is 7.84. The van der Waals surface area contributed by atoms with Crippen LogP contribution in [0.4, 0.5) is 4.79 Å². The molecule has 0 atom stereocenters. The van der Waals surface area contributed by atoms with E-state index in [9.17, 15) is 4.79 Å². The number of halogens is 1. The lowest BCUT2D eigenvalue weighted by atomic mass is 10.2. The number of hydrogen-bond acceptors (Lipinski definition) is 3. The molecule has 0 fully saturated rings. The van der Waals surface area contributed by atoms with Crippen molar-refractivity contribution in [3.63, 3.8) is 0 Å². The highest BCUT2D eigenvalue weighted by Crippen LogP contribution is 2.24. The van der Waals surface area contributed by atoms with Gasteiger partial charge in [0.2, 0.25) is 0 Å². The van der Waals surface area contributed by atoms with Crippen LogP contribution in [0.1, 0.15) is 17.5 Å². The molecule has 0 heterocycles. The molecule has 2 aromatic carbocycles. The third kappa shape index (κ3) is 5.86. The average Bonchev–Trinajstić information content (AvgIpc) is 2.62. The van der Waals surface area contributed by atoms with Gasteiger partial charge in [0, 0.05) is 18.5 Å². The number of benzene rings is 2. The van der Waals surface area contributed by atoms with Crippen LogP contribution in [0.15, 0.2) is 48.5 Å². The van der Waals surface area contributed by atoms with Crippen molar-refractivity contribution >= 4 is 17.7 Å². The molecule has 0 aromatic heterocycles. The summed E-state index contributed by atoms with van der Waals surface area (Å²) < 4.78 is 10.2. The van der Waals surface area contributed by atoms with E-state index in [0.29, 0.717) is 23.7 Å². The van der Waals surface area contributed by atoms with Gasteiger partial charge in [-0.15, -0.1) is 0 Å². The molecular weight excluding hydrogens is 326 g/mol. The van der Waals surface area contributed by atoms with Gasteiger partial charge in [0.05, 0.1) is 12.1 Å². The molecule has 0 aliphatic heterocycles. The highest BCUT2D eigenvalue weighted by molar-refractivity contribution is 6.32. The smallest absolute Gasteiger partial charge is 0.407 e. The number of rotatable bonds is 5. The van der Waals surface area contributed by atoms with Crippen molar-refractivity contribution in [3.8, 4) is 17.6 Å². The molecule has 0 unspecified atom stereocenters. The molecule has 0 bridgehead atoms. The lowest BCUT2D eigenvalue weighted by Gasteiger charge is -2.05. The standard InChI is InChI=1S/C19H18ClNO3/c1-23-18-13-15(10-11-17(18)20)7-5-6-12-21-19(22)24-14-16-8-3-2-4-9-16/h2-4,8-11,13H,6,12,14H2,1H3,(H,21,22). The van der Waals surface area contributed by atoms with Gasteiger partial charge in [-0.1, -0.05) is 53.8 Å². The van der Waals surface area contributed by atoms with E-state index in [2.05, 4.69) is 17.2 Å². The number of hydrogen-bond donors (Lipinski definition) is 1. The molecule has 0 spiro atoms. The second-order valence-corrected chi connectivity index (χ2v) is 5.30. The Kier molecular flexibility index (Phi) is 7.00. The Morgan fingerprint density at radius 2 is 2.00 bits per heavy atom. The Hall–Kier alpha value is -2.64. The molecule has 2 aromatic rings. The van der Waals surface area contributed by atoms with Crippen LogP contribution in [0.5, 0.6) is 5.75 Å². The molecule has 0 saturated heterocycles. The first-order valence-electron chi connectivity index (χ1n) is 7.46. The van der Waals surface area contributed by atoms with Crippen molar-refractivity contribution in [3.05, 3.63) is 64.7 Å². The van der Waals surface area contributed by atoms with E-state index in [1.165, 1.54) is 0 Å². The fourth-order valence-electron chi connectivity index (χ4n) is 1.90. The number of ether oxygens (including phenoxy) is 2. The molecule has 0 aliphatic rings. The van der Waals surface area contributed by atoms with Crippen LogP contribution in [0.25, 0.3) is 0 Å². The van der Waals surface area contributed by atoms with E-state index < -0.39 is 6.09 Å². The molecule has 0 saturated carbocycles. The van der Waals surface area contributed by atoms with Gasteiger partial charge in [-0.2, -0.15) is 0 Å². The first-order chi connectivity index (χ1) is 11.7. The Morgan fingerprint density at radius 1 is 1.21 bits per heavy atom. The van der Waals surface area contributed by atoms with Gasteiger partial charge in [-0.25, -0.2) is 4.79 Å². The van der Waals surface area contributed by atoms with Crippen LogP contribution in [0.3, 0.4) is 0 Å². The fourth-order valence-corrected chi connectivity index (χ4v) is 2.10. The largest absolute Gasteiger partial charge is 0.495 e. The summed E-state index contributed by atoms with van der Waals surface area (Å²) >= 11 is 5.95. The van der Waals surface area contributed by atoms with Gasteiger partial charge in [0.15, 0.2) is 0 Å². The predicted octanol–water partition coefficient (Wildman–Crippen LogP) is 4.02. The van der Waals surface area contributed by atoms with Crippen molar-refractivity contribution < 1.29 is 14.3 Å². The van der Waals surface area contributed by atoms with E-state index in [1.54, 1.807) is 19.2 Å². The predicted molar refractivity (Wildman–Crippen MR) is 94.1 cm³/mol. The van der Waals surface area contributed by atoms with E-state index in [0.717, 1.165) is 11.1 Å². The molecule has 1 amide bonds. The van der Waals surface area contributed by atoms with Crippen LogP contribution in [0, 0.1) is 11.8 Å². The van der Waals surface area contributed by atoms with E-state index in [4.69, 9.17) is 21.1 Å². The molecule has 124 valence electrons. The molecule has 4 nitrogen and oxygen atoms in total. The minimum atomic E-state index is -0.450. The Balaban J connectivity index is 1.70. The zero-order valence-corrected chi connectivity index (χ0v) is 14.1. The molecule has 0 radical (unpaired) electrons. The Bertz CT molecular complexity index is 735. The Morgan fingerprint density at radius 3 is 2.75 bits per heavy atom. The maximum atomic E-state index is 11.6. The summed E-state index contributed by atoms with van der Waals surface area (Å²) in [5.41, 5.74) is 1.76. The lowest BCUT2D eigenvalue weighted by Crippen LogP contribution is -2.24. The summed E-state index contributed by atoms with van der Waals surface area (Å²) in [4.78, 5) is 11.6. The van der Waals surface area contributed by atoms with E-state index in [1.807, 2.05) is 36.4 Å².